The van der Waals surface area contributed by atoms with Gasteiger partial charge in [0.1, 0.15) is 12.1 Å². The van der Waals surface area contributed by atoms with Crippen LogP contribution >= 0.6 is 0 Å². The second-order valence-corrected chi connectivity index (χ2v) is 6.95. The van der Waals surface area contributed by atoms with E-state index in [-0.39, 0.29) is 6.29 Å². The zero-order chi connectivity index (χ0) is 20.1. The molecule has 7 heteroatoms. The lowest BCUT2D eigenvalue weighted by atomic mass is 10.2. The Morgan fingerprint density at radius 1 is 1.24 bits per heavy atom. The molecule has 2 heterocycles. The van der Waals surface area contributed by atoms with E-state index in [9.17, 15) is 4.79 Å². The number of amides is 1. The van der Waals surface area contributed by atoms with Crippen molar-refractivity contribution in [1.29, 1.82) is 0 Å². The van der Waals surface area contributed by atoms with Crippen molar-refractivity contribution in [3.63, 3.8) is 0 Å². The van der Waals surface area contributed by atoms with Crippen LogP contribution in [0, 0.1) is 0 Å². The highest BCUT2D eigenvalue weighted by atomic mass is 16.7. The van der Waals surface area contributed by atoms with E-state index in [1.54, 1.807) is 18.3 Å². The van der Waals surface area contributed by atoms with Crippen molar-refractivity contribution in [1.82, 2.24) is 9.55 Å². The maximum atomic E-state index is 11.5. The Balaban J connectivity index is 1.43. The summed E-state index contributed by atoms with van der Waals surface area (Å²) in [6, 6.07) is 13.6. The normalized spacial score (nSPS) is 16.7. The number of aromatic nitrogens is 2. The van der Waals surface area contributed by atoms with Crippen LogP contribution in [-0.2, 0) is 14.3 Å². The summed E-state index contributed by atoms with van der Waals surface area (Å²) in [7, 11) is 1.64. The lowest BCUT2D eigenvalue weighted by Gasteiger charge is -2.24. The van der Waals surface area contributed by atoms with Gasteiger partial charge in [-0.2, -0.15) is 0 Å². The molecule has 0 saturated carbocycles. The van der Waals surface area contributed by atoms with Gasteiger partial charge >= 0.3 is 0 Å². The first-order valence-electron chi connectivity index (χ1n) is 9.85. The summed E-state index contributed by atoms with van der Waals surface area (Å²) in [5.74, 6) is 0.778. The molecule has 0 bridgehead atoms. The minimum atomic E-state index is -0.146. The van der Waals surface area contributed by atoms with Gasteiger partial charge in [0.2, 0.25) is 6.41 Å². The van der Waals surface area contributed by atoms with Crippen molar-refractivity contribution in [2.75, 3.05) is 31.8 Å². The third-order valence-electron chi connectivity index (χ3n) is 5.12. The molecule has 3 aromatic rings. The maximum Gasteiger partial charge on any atom is 0.214 e. The highest BCUT2D eigenvalue weighted by molar-refractivity contribution is 5.80. The van der Waals surface area contributed by atoms with Crippen LogP contribution in [0.15, 0.2) is 48.8 Å². The Morgan fingerprint density at radius 2 is 2.10 bits per heavy atom. The van der Waals surface area contributed by atoms with Gasteiger partial charge in [0, 0.05) is 30.6 Å². The van der Waals surface area contributed by atoms with E-state index in [1.807, 2.05) is 47.0 Å². The van der Waals surface area contributed by atoms with Crippen LogP contribution < -0.4 is 9.64 Å². The maximum absolute atomic E-state index is 11.5. The SMILES string of the molecule is COc1ccc2c(c1)ncn2-c1ccc(N(C=O)CCOC2CCCCO2)cc1. The largest absolute Gasteiger partial charge is 0.497 e. The van der Waals surface area contributed by atoms with Gasteiger partial charge in [0.05, 0.1) is 24.8 Å². The van der Waals surface area contributed by atoms with E-state index in [0.29, 0.717) is 13.2 Å². The number of rotatable bonds is 8. The number of imidazole rings is 1. The van der Waals surface area contributed by atoms with Gasteiger partial charge in [-0.3, -0.25) is 9.36 Å². The highest BCUT2D eigenvalue weighted by Crippen LogP contribution is 2.24. The number of ether oxygens (including phenoxy) is 3. The molecule has 1 fully saturated rings. The Labute approximate surface area is 169 Å². The zero-order valence-corrected chi connectivity index (χ0v) is 16.5. The van der Waals surface area contributed by atoms with E-state index < -0.39 is 0 Å². The van der Waals surface area contributed by atoms with E-state index in [2.05, 4.69) is 4.98 Å². The summed E-state index contributed by atoms with van der Waals surface area (Å²) in [5.41, 5.74) is 3.65. The molecular weight excluding hydrogens is 370 g/mol. The van der Waals surface area contributed by atoms with Gasteiger partial charge < -0.3 is 19.1 Å². The Morgan fingerprint density at radius 3 is 2.83 bits per heavy atom. The fourth-order valence-corrected chi connectivity index (χ4v) is 3.50. The molecule has 1 saturated heterocycles. The molecule has 0 radical (unpaired) electrons. The average molecular weight is 395 g/mol. The molecular formula is C22H25N3O4. The molecule has 1 atom stereocenters. The predicted octanol–water partition coefficient (Wildman–Crippen LogP) is 3.54. The summed E-state index contributed by atoms with van der Waals surface area (Å²) in [6.07, 6.45) is 5.60. The van der Waals surface area contributed by atoms with Gasteiger partial charge in [-0.25, -0.2) is 4.98 Å². The highest BCUT2D eigenvalue weighted by Gasteiger charge is 2.15. The average Bonchev–Trinajstić information content (AvgIpc) is 3.21. The van der Waals surface area contributed by atoms with Crippen LogP contribution in [0.1, 0.15) is 19.3 Å². The molecule has 1 aliphatic heterocycles. The number of fused-ring (bicyclic) bond motifs is 1. The summed E-state index contributed by atoms with van der Waals surface area (Å²) in [6.45, 7) is 1.68. The van der Waals surface area contributed by atoms with Crippen LogP contribution in [-0.4, -0.2) is 49.1 Å². The molecule has 29 heavy (non-hydrogen) atoms. The van der Waals surface area contributed by atoms with Crippen molar-refractivity contribution < 1.29 is 19.0 Å². The Kier molecular flexibility index (Phi) is 6.07. The molecule has 152 valence electrons. The predicted molar refractivity (Wildman–Crippen MR) is 111 cm³/mol. The van der Waals surface area contributed by atoms with E-state index in [4.69, 9.17) is 14.2 Å². The number of benzene rings is 2. The number of nitrogens with zero attached hydrogens (tertiary/aromatic N) is 3. The molecule has 1 aromatic heterocycles. The minimum absolute atomic E-state index is 0.146. The second kappa shape index (κ2) is 9.07. The number of hydrogen-bond acceptors (Lipinski definition) is 5. The van der Waals surface area contributed by atoms with Crippen molar-refractivity contribution in [3.05, 3.63) is 48.8 Å². The fourth-order valence-electron chi connectivity index (χ4n) is 3.50. The minimum Gasteiger partial charge on any atom is -0.497 e. The van der Waals surface area contributed by atoms with Crippen LogP contribution in [0.25, 0.3) is 16.7 Å². The van der Waals surface area contributed by atoms with E-state index >= 15 is 0 Å². The van der Waals surface area contributed by atoms with E-state index in [1.165, 1.54) is 0 Å². The van der Waals surface area contributed by atoms with Gasteiger partial charge in [0.25, 0.3) is 0 Å². The van der Waals surface area contributed by atoms with Gasteiger partial charge in [0.15, 0.2) is 6.29 Å². The van der Waals surface area contributed by atoms with Gasteiger partial charge in [-0.05, 0) is 55.7 Å². The van der Waals surface area contributed by atoms with Crippen LogP contribution in [0.4, 0.5) is 5.69 Å². The molecule has 0 N–H and O–H groups in total. The number of anilines is 1. The molecule has 7 nitrogen and oxygen atoms in total. The van der Waals surface area contributed by atoms with Gasteiger partial charge in [-0.15, -0.1) is 0 Å². The third-order valence-corrected chi connectivity index (χ3v) is 5.12. The van der Waals surface area contributed by atoms with Gasteiger partial charge in [-0.1, -0.05) is 0 Å². The number of carbonyl (C=O) groups is 1. The molecule has 2 aromatic carbocycles. The van der Waals surface area contributed by atoms with Crippen LogP contribution in [0.3, 0.4) is 0 Å². The summed E-state index contributed by atoms with van der Waals surface area (Å²) < 4.78 is 18.6. The lowest BCUT2D eigenvalue weighted by molar-refractivity contribution is -0.160. The number of methoxy groups -OCH3 is 1. The van der Waals surface area contributed by atoms with Crippen molar-refractivity contribution in [2.24, 2.45) is 0 Å². The topological polar surface area (TPSA) is 65.8 Å². The molecule has 4 rings (SSSR count). The molecule has 0 aliphatic carbocycles. The van der Waals surface area contributed by atoms with Crippen LogP contribution in [0.5, 0.6) is 5.75 Å². The molecule has 0 spiro atoms. The van der Waals surface area contributed by atoms with Crippen molar-refractivity contribution >= 4 is 23.1 Å². The Bertz CT molecular complexity index is 948. The van der Waals surface area contributed by atoms with Crippen LogP contribution in [0.2, 0.25) is 0 Å². The third kappa shape index (κ3) is 4.41. The van der Waals surface area contributed by atoms with E-state index in [0.717, 1.165) is 60.4 Å². The zero-order valence-electron chi connectivity index (χ0n) is 16.5. The molecule has 1 aliphatic rings. The fraction of sp³-hybridized carbons (Fsp3) is 0.364. The summed E-state index contributed by atoms with van der Waals surface area (Å²) in [5, 5.41) is 0. The number of hydrogen-bond donors (Lipinski definition) is 0. The number of carbonyl (C=O) groups excluding carboxylic acids is 1. The van der Waals surface area contributed by atoms with Crippen molar-refractivity contribution in [2.45, 2.75) is 25.6 Å². The Hall–Kier alpha value is -2.90. The standard InChI is InChI=1S/C22H25N3O4/c1-27-19-9-10-21-20(14-19)23-15-25(21)18-7-5-17(6-8-18)24(16-26)11-13-29-22-4-2-3-12-28-22/h5-10,14-16,22H,2-4,11-13H2,1H3. The first kappa shape index (κ1) is 19.4. The first-order valence-corrected chi connectivity index (χ1v) is 9.85. The molecule has 1 unspecified atom stereocenters. The van der Waals surface area contributed by atoms with Crippen molar-refractivity contribution in [3.8, 4) is 11.4 Å². The summed E-state index contributed by atoms with van der Waals surface area (Å²) in [4.78, 5) is 17.6. The smallest absolute Gasteiger partial charge is 0.214 e. The second-order valence-electron chi connectivity index (χ2n) is 6.95. The first-order chi connectivity index (χ1) is 14.3. The molecule has 1 amide bonds. The monoisotopic (exact) mass is 395 g/mol. The lowest BCUT2D eigenvalue weighted by Crippen LogP contribution is -2.29. The quantitative estimate of drug-likeness (QED) is 0.546. The summed E-state index contributed by atoms with van der Waals surface area (Å²) >= 11 is 0.